The van der Waals surface area contributed by atoms with Crippen molar-refractivity contribution in [3.8, 4) is 34.8 Å². The van der Waals surface area contributed by atoms with E-state index in [2.05, 4.69) is 43.6 Å². The van der Waals surface area contributed by atoms with E-state index in [-0.39, 0.29) is 46.4 Å². The highest BCUT2D eigenvalue weighted by atomic mass is 79.9. The van der Waals surface area contributed by atoms with Crippen LogP contribution in [0.1, 0.15) is 116 Å². The van der Waals surface area contributed by atoms with Gasteiger partial charge in [0.1, 0.15) is 35.3 Å². The standard InChI is InChI=1S/C25H27FN4O3.C18H24BrN3O3.C13H15BFNO2/c1-24(2)12-17(6-7-31-24)22-13-25(29-23(28)30(3)33-25)20-11-16(4-5-21(20)32-22)18-8-15(14-27)9-19(26)10-18;1-17(2)9-11(6-7-23-17)15-10-18(21-16(20)22(3)25-18)13-8-12(19)4-5-14(13)24-15;1-12(2)13(3,4)18-14(17-12)10-5-9(8-16)6-11(15)7-10/h4-5,8-11,17,22H,6-7,12-13H2,1-3H3,(H2,28,29);4-5,8,11,15H,6-7,9-10H2,1-3H3,(H2,20,21);5-7H,1-4H3. The Balaban J connectivity index is 0.000000146. The van der Waals surface area contributed by atoms with E-state index in [9.17, 15) is 14.0 Å². The molecule has 20 heteroatoms. The molecule has 0 radical (unpaired) electrons. The predicted octanol–water partition coefficient (Wildman–Crippen LogP) is 9.21. The Morgan fingerprint density at radius 2 is 1.09 bits per heavy atom. The molecule has 0 amide bonds. The van der Waals surface area contributed by atoms with E-state index in [1.54, 1.807) is 31.3 Å². The molecule has 4 aromatic carbocycles. The number of hydroxylamine groups is 4. The minimum absolute atomic E-state index is 0.0138. The number of guanidine groups is 2. The van der Waals surface area contributed by atoms with Crippen LogP contribution in [0.15, 0.2) is 87.3 Å². The van der Waals surface area contributed by atoms with Crippen LogP contribution in [0.5, 0.6) is 11.5 Å². The number of aliphatic imine (C=N–C) groups is 2. The van der Waals surface area contributed by atoms with E-state index in [4.69, 9.17) is 64.6 Å². The van der Waals surface area contributed by atoms with Crippen molar-refractivity contribution in [3.63, 3.8) is 0 Å². The van der Waals surface area contributed by atoms with Crippen LogP contribution in [0.25, 0.3) is 11.1 Å². The summed E-state index contributed by atoms with van der Waals surface area (Å²) in [5, 5.41) is 21.1. The van der Waals surface area contributed by atoms with Crippen LogP contribution in [0.4, 0.5) is 8.78 Å². The smallest absolute Gasteiger partial charge is 0.489 e. The van der Waals surface area contributed by atoms with Crippen LogP contribution < -0.4 is 26.4 Å². The van der Waals surface area contributed by atoms with Crippen molar-refractivity contribution in [1.82, 2.24) is 10.1 Å². The van der Waals surface area contributed by atoms with Crippen LogP contribution in [0.3, 0.4) is 0 Å². The summed E-state index contributed by atoms with van der Waals surface area (Å²) in [4.78, 5) is 21.8. The second kappa shape index (κ2) is 20.5. The number of fused-ring (bicyclic) bond motifs is 4. The van der Waals surface area contributed by atoms with E-state index in [0.717, 1.165) is 59.2 Å². The van der Waals surface area contributed by atoms with Crippen LogP contribution in [-0.4, -0.2) is 91.1 Å². The summed E-state index contributed by atoms with van der Waals surface area (Å²) >= 11 is 3.54. The molecule has 7 aliphatic heterocycles. The molecule has 16 nitrogen and oxygen atoms in total. The van der Waals surface area contributed by atoms with Crippen molar-refractivity contribution >= 4 is 40.4 Å². The van der Waals surface area contributed by atoms with Crippen molar-refractivity contribution in [3.05, 3.63) is 111 Å². The molecule has 4 aromatic rings. The molecule has 4 N–H and O–H groups in total. The molecule has 0 aliphatic carbocycles. The zero-order chi connectivity index (χ0) is 54.8. The van der Waals surface area contributed by atoms with Gasteiger partial charge in [-0.05, 0) is 164 Å². The van der Waals surface area contributed by atoms with Gasteiger partial charge in [-0.1, -0.05) is 22.0 Å². The van der Waals surface area contributed by atoms with Crippen molar-refractivity contribution in [2.24, 2.45) is 33.3 Å². The van der Waals surface area contributed by atoms with Crippen LogP contribution >= 0.6 is 15.9 Å². The number of nitrogens with zero attached hydrogens (tertiary/aromatic N) is 6. The molecule has 2 spiro atoms. The zero-order valence-electron chi connectivity index (χ0n) is 44.7. The lowest BCUT2D eigenvalue weighted by Crippen LogP contribution is -2.46. The fourth-order valence-electron chi connectivity index (χ4n) is 11.0. The summed E-state index contributed by atoms with van der Waals surface area (Å²) in [5.74, 6) is 1.91. The van der Waals surface area contributed by atoms with Gasteiger partial charge in [-0.2, -0.15) is 10.5 Å². The van der Waals surface area contributed by atoms with Crippen LogP contribution in [0, 0.1) is 46.1 Å². The van der Waals surface area contributed by atoms with Crippen molar-refractivity contribution in [2.75, 3.05) is 27.3 Å². The molecule has 7 heterocycles. The Hall–Kier alpha value is -5.84. The molecule has 6 unspecified atom stereocenters. The lowest BCUT2D eigenvalue weighted by Gasteiger charge is -2.44. The first kappa shape index (κ1) is 54.9. The van der Waals surface area contributed by atoms with Gasteiger partial charge in [-0.15, -0.1) is 0 Å². The highest BCUT2D eigenvalue weighted by Gasteiger charge is 2.54. The number of nitrogens with two attached hydrogens (primary N) is 2. The second-order valence-corrected chi connectivity index (χ2v) is 23.7. The fourth-order valence-corrected chi connectivity index (χ4v) is 11.4. The van der Waals surface area contributed by atoms with E-state index in [1.807, 2.05) is 76.2 Å². The predicted molar refractivity (Wildman–Crippen MR) is 285 cm³/mol. The Kier molecular flexibility index (Phi) is 14.8. The number of halogens is 3. The maximum atomic E-state index is 14.1. The van der Waals surface area contributed by atoms with E-state index in [0.29, 0.717) is 48.1 Å². The summed E-state index contributed by atoms with van der Waals surface area (Å²) in [6, 6.07) is 23.9. The van der Waals surface area contributed by atoms with Gasteiger partial charge in [0.05, 0.1) is 56.8 Å². The minimum Gasteiger partial charge on any atom is -0.489 e. The monoisotopic (exact) mass is 1110 g/mol. The Labute approximate surface area is 452 Å². The van der Waals surface area contributed by atoms with E-state index in [1.165, 1.54) is 29.3 Å². The number of ether oxygens (including phenoxy) is 4. The minimum atomic E-state index is -1.03. The topological polar surface area (TPSA) is 205 Å². The van der Waals surface area contributed by atoms with Gasteiger partial charge in [0.25, 0.3) is 0 Å². The Morgan fingerprint density at radius 1 is 0.618 bits per heavy atom. The molecule has 0 aromatic heterocycles. The molecule has 11 rings (SSSR count). The third-order valence-corrected chi connectivity index (χ3v) is 16.0. The SMILES string of the molecule is CC1(C)OB(c2cc(F)cc(C#N)c2)OC1(C)C.CN1OC2(CC(C3CCOC(C)(C)C3)Oc3ccc(-c4cc(F)cc(C#N)c4)cc32)N=C1N.CN1OC2(CC(C3CCOC(C)(C)C3)Oc3ccc(Br)cc32)N=C1N. The summed E-state index contributed by atoms with van der Waals surface area (Å²) in [6.07, 6.45) is 4.74. The molecular formula is C56H66BBrF2N8O8. The largest absolute Gasteiger partial charge is 0.494 e. The lowest BCUT2D eigenvalue weighted by atomic mass is 9.78. The van der Waals surface area contributed by atoms with Gasteiger partial charge < -0.3 is 39.7 Å². The molecule has 0 bridgehead atoms. The van der Waals surface area contributed by atoms with Gasteiger partial charge in [-0.25, -0.2) is 38.6 Å². The molecular weight excluding hydrogens is 1040 g/mol. The summed E-state index contributed by atoms with van der Waals surface area (Å²) in [5.41, 5.74) is 13.0. The van der Waals surface area contributed by atoms with Gasteiger partial charge in [0, 0.05) is 56.5 Å². The highest BCUT2D eigenvalue weighted by molar-refractivity contribution is 9.10. The number of benzene rings is 4. The first-order valence-corrected chi connectivity index (χ1v) is 26.4. The first-order valence-electron chi connectivity index (χ1n) is 25.6. The average Bonchev–Trinajstić information content (AvgIpc) is 3.94. The van der Waals surface area contributed by atoms with Gasteiger partial charge in [0.15, 0.2) is 0 Å². The van der Waals surface area contributed by atoms with E-state index >= 15 is 0 Å². The number of rotatable bonds is 4. The number of nitriles is 2. The summed E-state index contributed by atoms with van der Waals surface area (Å²) in [7, 11) is 2.87. The maximum Gasteiger partial charge on any atom is 0.494 e. The average molecular weight is 1110 g/mol. The molecule has 402 valence electrons. The third kappa shape index (κ3) is 11.3. The van der Waals surface area contributed by atoms with Gasteiger partial charge in [0.2, 0.25) is 23.4 Å². The van der Waals surface area contributed by atoms with Crippen LogP contribution in [-0.2, 0) is 39.9 Å². The highest BCUT2D eigenvalue weighted by Crippen LogP contribution is 2.52. The molecule has 7 aliphatic rings. The number of hydrogen-bond donors (Lipinski definition) is 2. The Bertz CT molecular complexity index is 3020. The van der Waals surface area contributed by atoms with Gasteiger partial charge >= 0.3 is 7.12 Å². The normalized spacial score (nSPS) is 28.2. The quantitative estimate of drug-likeness (QED) is 0.183. The Morgan fingerprint density at radius 3 is 1.57 bits per heavy atom. The van der Waals surface area contributed by atoms with Crippen molar-refractivity contribution < 1.29 is 46.7 Å². The molecule has 6 atom stereocenters. The number of hydrogen-bond acceptors (Lipinski definition) is 16. The van der Waals surface area contributed by atoms with E-state index < -0.39 is 41.4 Å². The molecule has 3 saturated heterocycles. The van der Waals surface area contributed by atoms with Crippen molar-refractivity contribution in [2.45, 2.75) is 140 Å². The summed E-state index contributed by atoms with van der Waals surface area (Å²) in [6.45, 7) is 17.6. The fraction of sp³-hybridized carbons (Fsp3) is 0.500. The molecule has 3 fully saturated rings. The van der Waals surface area contributed by atoms with Gasteiger partial charge in [-0.3, -0.25) is 0 Å². The van der Waals surface area contributed by atoms with Crippen LogP contribution in [0.2, 0.25) is 0 Å². The van der Waals surface area contributed by atoms with Crippen molar-refractivity contribution in [1.29, 1.82) is 10.5 Å². The summed E-state index contributed by atoms with van der Waals surface area (Å²) < 4.78 is 64.7. The third-order valence-electron chi connectivity index (χ3n) is 15.5. The lowest BCUT2D eigenvalue weighted by molar-refractivity contribution is -0.199. The maximum absolute atomic E-state index is 14.1. The second-order valence-electron chi connectivity index (χ2n) is 22.8. The zero-order valence-corrected chi connectivity index (χ0v) is 46.3. The molecule has 76 heavy (non-hydrogen) atoms. The first-order chi connectivity index (χ1) is 35.7. The molecule has 0 saturated carbocycles.